The Balaban J connectivity index is 1.64. The summed E-state index contributed by atoms with van der Waals surface area (Å²) in [5, 5.41) is 7.44. The van der Waals surface area contributed by atoms with Crippen molar-refractivity contribution in [1.29, 1.82) is 0 Å². The molecule has 1 aliphatic rings. The first-order valence-corrected chi connectivity index (χ1v) is 7.61. The van der Waals surface area contributed by atoms with Crippen LogP contribution in [0.2, 0.25) is 0 Å². The van der Waals surface area contributed by atoms with Gasteiger partial charge in [0, 0.05) is 19.2 Å². The van der Waals surface area contributed by atoms with E-state index in [9.17, 15) is 4.79 Å². The summed E-state index contributed by atoms with van der Waals surface area (Å²) in [6.07, 6.45) is 8.76. The highest BCUT2D eigenvalue weighted by atomic mass is 16.1. The molecule has 0 radical (unpaired) electrons. The van der Waals surface area contributed by atoms with Gasteiger partial charge in [-0.1, -0.05) is 18.2 Å². The zero-order chi connectivity index (χ0) is 15.4. The van der Waals surface area contributed by atoms with Crippen molar-refractivity contribution in [3.8, 4) is 11.4 Å². The van der Waals surface area contributed by atoms with Gasteiger partial charge in [0.25, 0.3) is 0 Å². The Kier molecular flexibility index (Phi) is 4.32. The molecule has 0 aliphatic heterocycles. The minimum absolute atomic E-state index is 0.101. The van der Waals surface area contributed by atoms with Crippen molar-refractivity contribution < 1.29 is 4.79 Å². The number of hydrogen-bond acceptors (Lipinski definition) is 3. The quantitative estimate of drug-likeness (QED) is 0.882. The average Bonchev–Trinajstić information content (AvgIpc) is 2.95. The third-order valence-electron chi connectivity index (χ3n) is 3.94. The minimum Gasteiger partial charge on any atom is -0.350 e. The Morgan fingerprint density at radius 1 is 1.41 bits per heavy atom. The minimum atomic E-state index is 0.101. The standard InChI is InChI=1S/C17H20N4O/c1-21-16(15-9-5-6-10-18-15)11-14(20-21)12-19-17(22)13-7-3-2-4-8-13/h2-3,5-6,9-11,13H,4,7-8,12H2,1H3,(H,19,22). The van der Waals surface area contributed by atoms with Crippen LogP contribution in [0.5, 0.6) is 0 Å². The van der Waals surface area contributed by atoms with Gasteiger partial charge in [-0.15, -0.1) is 0 Å². The third kappa shape index (κ3) is 3.24. The van der Waals surface area contributed by atoms with Crippen LogP contribution in [-0.2, 0) is 18.4 Å². The summed E-state index contributed by atoms with van der Waals surface area (Å²) in [7, 11) is 1.89. The lowest BCUT2D eigenvalue weighted by Crippen LogP contribution is -2.30. The number of hydrogen-bond donors (Lipinski definition) is 1. The number of nitrogens with zero attached hydrogens (tertiary/aromatic N) is 3. The van der Waals surface area contributed by atoms with Crippen molar-refractivity contribution >= 4 is 5.91 Å². The first-order chi connectivity index (χ1) is 10.7. The Morgan fingerprint density at radius 3 is 3.05 bits per heavy atom. The average molecular weight is 296 g/mol. The molecule has 0 bridgehead atoms. The van der Waals surface area contributed by atoms with E-state index in [2.05, 4.69) is 27.6 Å². The van der Waals surface area contributed by atoms with Crippen molar-refractivity contribution in [3.63, 3.8) is 0 Å². The van der Waals surface area contributed by atoms with Gasteiger partial charge in [-0.05, 0) is 37.5 Å². The Morgan fingerprint density at radius 2 is 2.32 bits per heavy atom. The maximum Gasteiger partial charge on any atom is 0.223 e. The summed E-state index contributed by atoms with van der Waals surface area (Å²) in [6.45, 7) is 0.458. The van der Waals surface area contributed by atoms with Crippen LogP contribution in [0.4, 0.5) is 0 Å². The Hall–Kier alpha value is -2.43. The molecule has 2 aromatic rings. The first kappa shape index (κ1) is 14.5. The molecular weight excluding hydrogens is 276 g/mol. The number of amides is 1. The van der Waals surface area contributed by atoms with Gasteiger partial charge >= 0.3 is 0 Å². The first-order valence-electron chi connectivity index (χ1n) is 7.61. The van der Waals surface area contributed by atoms with Crippen LogP contribution < -0.4 is 5.32 Å². The number of pyridine rings is 1. The second-order valence-corrected chi connectivity index (χ2v) is 5.56. The smallest absolute Gasteiger partial charge is 0.223 e. The highest BCUT2D eigenvalue weighted by Gasteiger charge is 2.18. The van der Waals surface area contributed by atoms with Gasteiger partial charge in [-0.2, -0.15) is 5.10 Å². The fourth-order valence-corrected chi connectivity index (χ4v) is 2.72. The molecule has 1 amide bonds. The molecular formula is C17H20N4O. The topological polar surface area (TPSA) is 59.8 Å². The van der Waals surface area contributed by atoms with Gasteiger partial charge in [-0.3, -0.25) is 14.5 Å². The van der Waals surface area contributed by atoms with Gasteiger partial charge in [-0.25, -0.2) is 0 Å². The van der Waals surface area contributed by atoms with Crippen LogP contribution in [0.25, 0.3) is 11.4 Å². The summed E-state index contributed by atoms with van der Waals surface area (Å²) in [6, 6.07) is 7.77. The van der Waals surface area contributed by atoms with E-state index in [0.717, 1.165) is 36.3 Å². The number of carbonyl (C=O) groups excluding carboxylic acids is 1. The van der Waals surface area contributed by atoms with Crippen molar-refractivity contribution in [3.05, 3.63) is 48.3 Å². The van der Waals surface area contributed by atoms with E-state index in [0.29, 0.717) is 6.54 Å². The van der Waals surface area contributed by atoms with Crippen LogP contribution in [0, 0.1) is 5.92 Å². The SMILES string of the molecule is Cn1nc(CNC(=O)C2CC=CCC2)cc1-c1ccccn1. The zero-order valence-corrected chi connectivity index (χ0v) is 12.7. The summed E-state index contributed by atoms with van der Waals surface area (Å²) >= 11 is 0. The maximum absolute atomic E-state index is 12.1. The van der Waals surface area contributed by atoms with Crippen LogP contribution in [0.3, 0.4) is 0 Å². The van der Waals surface area contributed by atoms with Gasteiger partial charge in [0.05, 0.1) is 23.6 Å². The monoisotopic (exact) mass is 296 g/mol. The predicted molar refractivity (Wildman–Crippen MR) is 84.8 cm³/mol. The molecule has 0 spiro atoms. The van der Waals surface area contributed by atoms with E-state index in [1.54, 1.807) is 10.9 Å². The summed E-state index contributed by atoms with van der Waals surface area (Å²) in [5.74, 6) is 0.221. The Labute approximate surface area is 130 Å². The number of aromatic nitrogens is 3. The van der Waals surface area contributed by atoms with E-state index in [1.807, 2.05) is 31.3 Å². The van der Waals surface area contributed by atoms with E-state index in [1.165, 1.54) is 0 Å². The Bertz CT molecular complexity index is 675. The van der Waals surface area contributed by atoms with Crippen molar-refractivity contribution in [2.45, 2.75) is 25.8 Å². The largest absolute Gasteiger partial charge is 0.350 e. The van der Waals surface area contributed by atoms with Crippen molar-refractivity contribution in [1.82, 2.24) is 20.1 Å². The molecule has 0 aromatic carbocycles. The molecule has 1 aliphatic carbocycles. The van der Waals surface area contributed by atoms with Crippen LogP contribution in [0.15, 0.2) is 42.6 Å². The van der Waals surface area contributed by atoms with Crippen molar-refractivity contribution in [2.24, 2.45) is 13.0 Å². The molecule has 2 heterocycles. The van der Waals surface area contributed by atoms with E-state index in [4.69, 9.17) is 0 Å². The molecule has 1 unspecified atom stereocenters. The second kappa shape index (κ2) is 6.56. The molecule has 0 fully saturated rings. The zero-order valence-electron chi connectivity index (χ0n) is 12.7. The molecule has 0 saturated carbocycles. The van der Waals surface area contributed by atoms with E-state index >= 15 is 0 Å². The molecule has 0 saturated heterocycles. The predicted octanol–water partition coefficient (Wildman–Crippen LogP) is 2.45. The van der Waals surface area contributed by atoms with Crippen LogP contribution >= 0.6 is 0 Å². The lowest BCUT2D eigenvalue weighted by molar-refractivity contribution is -0.125. The fourth-order valence-electron chi connectivity index (χ4n) is 2.72. The highest BCUT2D eigenvalue weighted by Crippen LogP contribution is 2.19. The number of aryl methyl sites for hydroxylation is 1. The van der Waals surface area contributed by atoms with Crippen molar-refractivity contribution in [2.75, 3.05) is 0 Å². The molecule has 22 heavy (non-hydrogen) atoms. The van der Waals surface area contributed by atoms with Gasteiger partial charge in [0.15, 0.2) is 0 Å². The van der Waals surface area contributed by atoms with E-state index in [-0.39, 0.29) is 11.8 Å². The normalized spacial score (nSPS) is 17.4. The fraction of sp³-hybridized carbons (Fsp3) is 0.353. The lowest BCUT2D eigenvalue weighted by atomic mass is 9.94. The van der Waals surface area contributed by atoms with Crippen LogP contribution in [-0.4, -0.2) is 20.7 Å². The maximum atomic E-state index is 12.1. The molecule has 114 valence electrons. The summed E-state index contributed by atoms with van der Waals surface area (Å²) in [4.78, 5) is 16.5. The number of allylic oxidation sites excluding steroid dienone is 2. The molecule has 5 heteroatoms. The van der Waals surface area contributed by atoms with Crippen LogP contribution in [0.1, 0.15) is 25.0 Å². The highest BCUT2D eigenvalue weighted by molar-refractivity contribution is 5.78. The number of nitrogens with one attached hydrogen (secondary N) is 1. The van der Waals surface area contributed by atoms with Gasteiger partial charge in [0.1, 0.15) is 0 Å². The molecule has 1 N–H and O–H groups in total. The number of carbonyl (C=O) groups is 1. The van der Waals surface area contributed by atoms with Gasteiger partial charge in [0.2, 0.25) is 5.91 Å². The molecule has 1 atom stereocenters. The summed E-state index contributed by atoms with van der Waals surface area (Å²) in [5.41, 5.74) is 2.68. The van der Waals surface area contributed by atoms with Gasteiger partial charge < -0.3 is 5.32 Å². The molecule has 2 aromatic heterocycles. The summed E-state index contributed by atoms with van der Waals surface area (Å²) < 4.78 is 1.80. The van der Waals surface area contributed by atoms with E-state index < -0.39 is 0 Å². The molecule has 5 nitrogen and oxygen atoms in total. The number of rotatable bonds is 4. The molecule has 3 rings (SSSR count). The lowest BCUT2D eigenvalue weighted by Gasteiger charge is -2.16. The second-order valence-electron chi connectivity index (χ2n) is 5.56. The third-order valence-corrected chi connectivity index (χ3v) is 3.94.